The van der Waals surface area contributed by atoms with Crippen LogP contribution >= 0.6 is 0 Å². The van der Waals surface area contributed by atoms with Gasteiger partial charge in [-0.1, -0.05) is 0 Å². The van der Waals surface area contributed by atoms with E-state index in [0.29, 0.717) is 23.3 Å². The van der Waals surface area contributed by atoms with E-state index in [9.17, 15) is 4.79 Å². The Bertz CT molecular complexity index is 1260. The third-order valence-electron chi connectivity index (χ3n) is 8.53. The van der Waals surface area contributed by atoms with Crippen LogP contribution in [0.2, 0.25) is 0 Å². The summed E-state index contributed by atoms with van der Waals surface area (Å²) in [5.74, 6) is 4.88. The lowest BCUT2D eigenvalue weighted by Gasteiger charge is -2.55. The van der Waals surface area contributed by atoms with Crippen molar-refractivity contribution in [3.05, 3.63) is 53.1 Å². The molecule has 7 rings (SSSR count). The van der Waals surface area contributed by atoms with Gasteiger partial charge in [0.25, 0.3) is 0 Å². The van der Waals surface area contributed by atoms with Gasteiger partial charge in [-0.2, -0.15) is 10.1 Å². The zero-order valence-electron chi connectivity index (χ0n) is 21.0. The van der Waals surface area contributed by atoms with E-state index in [0.717, 1.165) is 59.7 Å². The van der Waals surface area contributed by atoms with Crippen molar-refractivity contribution in [1.29, 1.82) is 0 Å². The zero-order chi connectivity index (χ0) is 24.3. The molecule has 1 amide bonds. The van der Waals surface area contributed by atoms with Crippen LogP contribution in [0.4, 0.5) is 5.69 Å². The highest BCUT2D eigenvalue weighted by molar-refractivity contribution is 5.95. The first kappa shape index (κ1) is 22.3. The van der Waals surface area contributed by atoms with E-state index in [4.69, 9.17) is 4.74 Å². The number of nitrogens with zero attached hydrogens (tertiary/aromatic N) is 4. The number of aryl methyl sites for hydroxylation is 2. The Morgan fingerprint density at radius 1 is 0.971 bits per heavy atom. The highest BCUT2D eigenvalue weighted by atomic mass is 16.5. The van der Waals surface area contributed by atoms with Crippen molar-refractivity contribution >= 4 is 11.6 Å². The summed E-state index contributed by atoms with van der Waals surface area (Å²) < 4.78 is 7.88. The topological polar surface area (TPSA) is 81.9 Å². The summed E-state index contributed by atoms with van der Waals surface area (Å²) in [4.78, 5) is 22.3. The van der Waals surface area contributed by atoms with Crippen LogP contribution in [0.1, 0.15) is 61.3 Å². The average Bonchev–Trinajstić information content (AvgIpc) is 3.06. The molecule has 0 radical (unpaired) electrons. The molecular formula is C28H33N5O2. The van der Waals surface area contributed by atoms with Gasteiger partial charge < -0.3 is 10.1 Å². The minimum absolute atomic E-state index is 0.153. The summed E-state index contributed by atoms with van der Waals surface area (Å²) in [6.07, 6.45) is 7.20. The second-order valence-electron chi connectivity index (χ2n) is 11.1. The van der Waals surface area contributed by atoms with Crippen LogP contribution in [0.15, 0.2) is 30.3 Å². The number of hydrogen-bond donors (Lipinski definition) is 1. The Hall–Kier alpha value is -3.22. The molecule has 0 aliphatic heterocycles. The number of carbonyl (C=O) groups is 1. The SMILES string of the molecule is Cc1nc(Oc2ccc(NC(=O)C34CC5CC(CC(C5)C3)C4)cc2)cc(-n2nc(C)c(C)c2C)n1. The molecular weight excluding hydrogens is 438 g/mol. The molecule has 2 heterocycles. The van der Waals surface area contributed by atoms with E-state index in [-0.39, 0.29) is 11.3 Å². The lowest BCUT2D eigenvalue weighted by atomic mass is 9.49. The fraction of sp³-hybridized carbons (Fsp3) is 0.500. The smallest absolute Gasteiger partial charge is 0.230 e. The van der Waals surface area contributed by atoms with Crippen molar-refractivity contribution in [3.63, 3.8) is 0 Å². The van der Waals surface area contributed by atoms with Crippen molar-refractivity contribution in [2.75, 3.05) is 5.32 Å². The van der Waals surface area contributed by atoms with Gasteiger partial charge in [-0.25, -0.2) is 9.67 Å². The molecule has 182 valence electrons. The van der Waals surface area contributed by atoms with Gasteiger partial charge in [0.1, 0.15) is 11.6 Å². The van der Waals surface area contributed by atoms with Crippen molar-refractivity contribution in [2.45, 2.75) is 66.2 Å². The molecule has 0 spiro atoms. The van der Waals surface area contributed by atoms with Crippen LogP contribution in [0, 0.1) is 50.9 Å². The highest BCUT2D eigenvalue weighted by Gasteiger charge is 2.54. The van der Waals surface area contributed by atoms with Crippen LogP contribution in [0.5, 0.6) is 11.6 Å². The molecule has 2 aromatic heterocycles. The van der Waals surface area contributed by atoms with Crippen LogP contribution < -0.4 is 10.1 Å². The fourth-order valence-corrected chi connectivity index (χ4v) is 7.01. The Morgan fingerprint density at radius 2 is 1.60 bits per heavy atom. The summed E-state index contributed by atoms with van der Waals surface area (Å²) >= 11 is 0. The van der Waals surface area contributed by atoms with Gasteiger partial charge in [0, 0.05) is 17.4 Å². The molecule has 0 atom stereocenters. The zero-order valence-corrected chi connectivity index (χ0v) is 21.0. The molecule has 0 saturated heterocycles. The number of nitrogens with one attached hydrogen (secondary N) is 1. The molecule has 1 N–H and O–H groups in total. The van der Waals surface area contributed by atoms with E-state index in [1.807, 2.05) is 49.7 Å². The Balaban J connectivity index is 1.16. The standard InChI is InChI=1S/C28H33N5O2/c1-16-17(2)32-33(18(16)3)25-12-26(30-19(4)29-25)35-24-7-5-23(6-8-24)31-27(34)28-13-20-9-21(14-28)11-22(10-20)15-28/h5-8,12,20-22H,9-11,13-15H2,1-4H3,(H,31,34). The van der Waals surface area contributed by atoms with E-state index in [1.165, 1.54) is 19.3 Å². The van der Waals surface area contributed by atoms with E-state index >= 15 is 0 Å². The second-order valence-corrected chi connectivity index (χ2v) is 11.1. The van der Waals surface area contributed by atoms with Crippen LogP contribution in [0.3, 0.4) is 0 Å². The Kier molecular flexibility index (Phi) is 5.20. The van der Waals surface area contributed by atoms with Crippen LogP contribution in [0.25, 0.3) is 5.82 Å². The van der Waals surface area contributed by atoms with Crippen LogP contribution in [-0.4, -0.2) is 25.7 Å². The first-order valence-electron chi connectivity index (χ1n) is 12.8. The molecule has 4 saturated carbocycles. The fourth-order valence-electron chi connectivity index (χ4n) is 7.01. The second kappa shape index (κ2) is 8.18. The van der Waals surface area contributed by atoms with E-state index in [1.54, 1.807) is 6.07 Å². The van der Waals surface area contributed by atoms with E-state index < -0.39 is 0 Å². The molecule has 35 heavy (non-hydrogen) atoms. The maximum Gasteiger partial charge on any atom is 0.230 e. The molecule has 4 fully saturated rings. The third kappa shape index (κ3) is 4.01. The quantitative estimate of drug-likeness (QED) is 0.505. The molecule has 0 unspecified atom stereocenters. The number of rotatable bonds is 5. The number of ether oxygens (including phenoxy) is 1. The predicted octanol–water partition coefficient (Wildman–Crippen LogP) is 5.84. The largest absolute Gasteiger partial charge is 0.439 e. The lowest BCUT2D eigenvalue weighted by Crippen LogP contribution is -2.51. The normalized spacial score (nSPS) is 26.7. The van der Waals surface area contributed by atoms with Gasteiger partial charge in [0.15, 0.2) is 5.82 Å². The minimum atomic E-state index is -0.153. The minimum Gasteiger partial charge on any atom is -0.439 e. The van der Waals surface area contributed by atoms with Gasteiger partial charge in [-0.3, -0.25) is 4.79 Å². The lowest BCUT2D eigenvalue weighted by molar-refractivity contribution is -0.140. The average molecular weight is 472 g/mol. The van der Waals surface area contributed by atoms with Gasteiger partial charge in [-0.05, 0) is 114 Å². The third-order valence-corrected chi connectivity index (χ3v) is 8.53. The first-order chi connectivity index (χ1) is 16.8. The van der Waals surface area contributed by atoms with Gasteiger partial charge in [0.05, 0.1) is 11.1 Å². The van der Waals surface area contributed by atoms with Gasteiger partial charge >= 0.3 is 0 Å². The molecule has 4 aliphatic carbocycles. The summed E-state index contributed by atoms with van der Waals surface area (Å²) in [7, 11) is 0. The summed E-state index contributed by atoms with van der Waals surface area (Å²) in [5.41, 5.74) is 3.84. The predicted molar refractivity (Wildman–Crippen MR) is 134 cm³/mol. The molecule has 4 bridgehead atoms. The summed E-state index contributed by atoms with van der Waals surface area (Å²) in [6.45, 7) is 7.93. The van der Waals surface area contributed by atoms with Crippen molar-refractivity contribution in [2.24, 2.45) is 23.2 Å². The van der Waals surface area contributed by atoms with Gasteiger partial charge in [0.2, 0.25) is 11.8 Å². The molecule has 1 aromatic carbocycles. The Morgan fingerprint density at radius 3 is 2.17 bits per heavy atom. The number of carbonyl (C=O) groups excluding carboxylic acids is 1. The molecule has 3 aromatic rings. The maximum absolute atomic E-state index is 13.3. The summed E-state index contributed by atoms with van der Waals surface area (Å²) in [5, 5.41) is 7.82. The van der Waals surface area contributed by atoms with Crippen molar-refractivity contribution in [3.8, 4) is 17.4 Å². The molecule has 7 heteroatoms. The van der Waals surface area contributed by atoms with Crippen molar-refractivity contribution < 1.29 is 9.53 Å². The Labute approximate surface area is 206 Å². The molecule has 4 aliphatic rings. The van der Waals surface area contributed by atoms with Gasteiger partial charge in [-0.15, -0.1) is 0 Å². The highest BCUT2D eigenvalue weighted by Crippen LogP contribution is 2.60. The van der Waals surface area contributed by atoms with E-state index in [2.05, 4.69) is 27.3 Å². The first-order valence-corrected chi connectivity index (χ1v) is 12.8. The maximum atomic E-state index is 13.3. The number of amides is 1. The molecule has 7 nitrogen and oxygen atoms in total. The number of hydrogen-bond acceptors (Lipinski definition) is 5. The number of anilines is 1. The monoisotopic (exact) mass is 471 g/mol. The van der Waals surface area contributed by atoms with Crippen molar-refractivity contribution in [1.82, 2.24) is 19.7 Å². The number of benzene rings is 1. The van der Waals surface area contributed by atoms with Crippen LogP contribution in [-0.2, 0) is 4.79 Å². The number of aromatic nitrogens is 4. The summed E-state index contributed by atoms with van der Waals surface area (Å²) in [6, 6.07) is 9.37.